The van der Waals surface area contributed by atoms with E-state index < -0.39 is 15.9 Å². The monoisotopic (exact) mass is 555 g/mol. The van der Waals surface area contributed by atoms with Crippen molar-refractivity contribution < 1.29 is 13.2 Å². The zero-order valence-electron chi connectivity index (χ0n) is 20.1. The molecule has 11 heteroatoms. The summed E-state index contributed by atoms with van der Waals surface area (Å²) in [5, 5.41) is 11.0. The first-order valence-corrected chi connectivity index (χ1v) is 14.3. The molecule has 37 heavy (non-hydrogen) atoms. The van der Waals surface area contributed by atoms with E-state index in [0.29, 0.717) is 28.3 Å². The van der Waals surface area contributed by atoms with Crippen molar-refractivity contribution in [3.05, 3.63) is 95.0 Å². The second kappa shape index (κ2) is 12.4. The van der Waals surface area contributed by atoms with Crippen LogP contribution in [0.4, 0.5) is 0 Å². The SMILES string of the molecule is Cc1ccc(S(=O)(=O)N(CC(=O)NCCSc2n[nH]c(-c3ccccc3)n2)Cc2ccc(Cl)cc2)cc1. The molecule has 0 fully saturated rings. The predicted octanol–water partition coefficient (Wildman–Crippen LogP) is 4.53. The quantitative estimate of drug-likeness (QED) is 0.208. The average Bonchev–Trinajstić information content (AvgIpc) is 3.37. The molecule has 4 aromatic rings. The first-order chi connectivity index (χ1) is 17.8. The Morgan fingerprint density at radius 1 is 1.03 bits per heavy atom. The lowest BCUT2D eigenvalue weighted by atomic mass is 10.2. The van der Waals surface area contributed by atoms with E-state index in [9.17, 15) is 13.2 Å². The van der Waals surface area contributed by atoms with Gasteiger partial charge in [0.2, 0.25) is 21.1 Å². The van der Waals surface area contributed by atoms with Gasteiger partial charge >= 0.3 is 0 Å². The predicted molar refractivity (Wildman–Crippen MR) is 146 cm³/mol. The summed E-state index contributed by atoms with van der Waals surface area (Å²) in [6, 6.07) is 23.1. The fourth-order valence-corrected chi connectivity index (χ4v) is 5.63. The van der Waals surface area contributed by atoms with E-state index in [4.69, 9.17) is 11.6 Å². The maximum atomic E-state index is 13.4. The number of thioether (sulfide) groups is 1. The van der Waals surface area contributed by atoms with Gasteiger partial charge in [-0.15, -0.1) is 5.10 Å². The van der Waals surface area contributed by atoms with Crippen molar-refractivity contribution in [2.45, 2.75) is 23.5 Å². The molecule has 0 aliphatic carbocycles. The summed E-state index contributed by atoms with van der Waals surface area (Å²) < 4.78 is 27.9. The summed E-state index contributed by atoms with van der Waals surface area (Å²) in [6.45, 7) is 1.93. The molecule has 0 saturated heterocycles. The first kappa shape index (κ1) is 26.9. The standard InChI is InChI=1S/C26H26ClN5O3S2/c1-19-7-13-23(14-8-19)37(34,35)32(17-20-9-11-22(27)12-10-20)18-24(33)28-15-16-36-26-29-25(30-31-26)21-5-3-2-4-6-21/h2-14H,15-18H2,1H3,(H,28,33)(H,29,30,31). The van der Waals surface area contributed by atoms with E-state index in [1.54, 1.807) is 48.5 Å². The highest BCUT2D eigenvalue weighted by Gasteiger charge is 2.27. The van der Waals surface area contributed by atoms with E-state index in [1.807, 2.05) is 37.3 Å². The fraction of sp³-hybridized carbons (Fsp3) is 0.192. The van der Waals surface area contributed by atoms with Crippen molar-refractivity contribution in [3.63, 3.8) is 0 Å². The molecule has 0 bridgehead atoms. The Hall–Kier alpha value is -3.18. The fourth-order valence-electron chi connectivity index (χ4n) is 3.46. The summed E-state index contributed by atoms with van der Waals surface area (Å²) in [7, 11) is -3.91. The Bertz CT molecular complexity index is 1430. The Kier molecular flexibility index (Phi) is 8.99. The number of aromatic nitrogens is 3. The average molecular weight is 556 g/mol. The molecule has 0 saturated carbocycles. The van der Waals surface area contributed by atoms with E-state index in [-0.39, 0.29) is 18.0 Å². The number of carbonyl (C=O) groups excluding carboxylic acids is 1. The van der Waals surface area contributed by atoms with E-state index in [2.05, 4.69) is 20.5 Å². The molecule has 0 unspecified atom stereocenters. The lowest BCUT2D eigenvalue weighted by Gasteiger charge is -2.22. The number of hydrogen-bond donors (Lipinski definition) is 2. The number of amides is 1. The molecule has 3 aromatic carbocycles. The summed E-state index contributed by atoms with van der Waals surface area (Å²) >= 11 is 7.36. The molecular formula is C26H26ClN5O3S2. The highest BCUT2D eigenvalue weighted by molar-refractivity contribution is 7.99. The first-order valence-electron chi connectivity index (χ1n) is 11.5. The van der Waals surface area contributed by atoms with Gasteiger partial charge in [0.05, 0.1) is 11.4 Å². The van der Waals surface area contributed by atoms with Gasteiger partial charge in [-0.25, -0.2) is 13.4 Å². The molecule has 192 valence electrons. The second-order valence-corrected chi connectivity index (χ2v) is 11.7. The molecule has 0 aliphatic rings. The molecule has 0 spiro atoms. The zero-order valence-corrected chi connectivity index (χ0v) is 22.5. The van der Waals surface area contributed by atoms with Gasteiger partial charge in [-0.2, -0.15) is 4.31 Å². The topological polar surface area (TPSA) is 108 Å². The van der Waals surface area contributed by atoms with Crippen LogP contribution in [-0.4, -0.2) is 52.7 Å². The Labute approximate surface area is 225 Å². The van der Waals surface area contributed by atoms with Crippen molar-refractivity contribution in [2.24, 2.45) is 0 Å². The van der Waals surface area contributed by atoms with Crippen LogP contribution < -0.4 is 5.32 Å². The summed E-state index contributed by atoms with van der Waals surface area (Å²) in [5.74, 6) is 0.802. The molecule has 1 amide bonds. The van der Waals surface area contributed by atoms with Crippen LogP contribution in [0.5, 0.6) is 0 Å². The van der Waals surface area contributed by atoms with Crippen LogP contribution in [0.2, 0.25) is 5.02 Å². The van der Waals surface area contributed by atoms with Gasteiger partial charge in [0.15, 0.2) is 5.82 Å². The van der Waals surface area contributed by atoms with E-state index in [0.717, 1.165) is 16.7 Å². The van der Waals surface area contributed by atoms with Gasteiger partial charge in [-0.3, -0.25) is 9.89 Å². The lowest BCUT2D eigenvalue weighted by molar-refractivity contribution is -0.121. The largest absolute Gasteiger partial charge is 0.354 e. The van der Waals surface area contributed by atoms with Crippen LogP contribution in [0.15, 0.2) is 88.9 Å². The Morgan fingerprint density at radius 2 is 1.73 bits per heavy atom. The third-order valence-electron chi connectivity index (χ3n) is 5.42. The second-order valence-electron chi connectivity index (χ2n) is 8.24. The van der Waals surface area contributed by atoms with Gasteiger partial charge in [0, 0.05) is 29.4 Å². The van der Waals surface area contributed by atoms with Crippen LogP contribution in [0.1, 0.15) is 11.1 Å². The Balaban J connectivity index is 1.36. The van der Waals surface area contributed by atoms with Crippen molar-refractivity contribution in [2.75, 3.05) is 18.8 Å². The van der Waals surface area contributed by atoms with Crippen LogP contribution >= 0.6 is 23.4 Å². The van der Waals surface area contributed by atoms with E-state index >= 15 is 0 Å². The number of nitrogens with zero attached hydrogens (tertiary/aromatic N) is 3. The minimum absolute atomic E-state index is 0.0367. The number of hydrogen-bond acceptors (Lipinski definition) is 6. The molecule has 1 heterocycles. The number of rotatable bonds is 11. The lowest BCUT2D eigenvalue weighted by Crippen LogP contribution is -2.40. The zero-order chi connectivity index (χ0) is 26.3. The smallest absolute Gasteiger partial charge is 0.243 e. The van der Waals surface area contributed by atoms with Gasteiger partial charge in [-0.1, -0.05) is 83.5 Å². The van der Waals surface area contributed by atoms with Gasteiger partial charge < -0.3 is 5.32 Å². The molecule has 0 radical (unpaired) electrons. The minimum atomic E-state index is -3.91. The van der Waals surface area contributed by atoms with E-state index in [1.165, 1.54) is 16.1 Å². The summed E-state index contributed by atoms with van der Waals surface area (Å²) in [6.07, 6.45) is 0. The number of nitrogens with one attached hydrogen (secondary N) is 2. The normalized spacial score (nSPS) is 11.5. The molecule has 0 atom stereocenters. The van der Waals surface area contributed by atoms with Crippen LogP contribution in [0, 0.1) is 6.92 Å². The van der Waals surface area contributed by atoms with Crippen LogP contribution in [0.3, 0.4) is 0 Å². The highest BCUT2D eigenvalue weighted by Crippen LogP contribution is 2.21. The van der Waals surface area contributed by atoms with Crippen molar-refractivity contribution in [1.29, 1.82) is 0 Å². The third-order valence-corrected chi connectivity index (χ3v) is 8.33. The highest BCUT2D eigenvalue weighted by atomic mass is 35.5. The molecule has 2 N–H and O–H groups in total. The van der Waals surface area contributed by atoms with Crippen molar-refractivity contribution >= 4 is 39.3 Å². The van der Waals surface area contributed by atoms with Crippen LogP contribution in [0.25, 0.3) is 11.4 Å². The van der Waals surface area contributed by atoms with Gasteiger partial charge in [0.1, 0.15) is 0 Å². The number of H-pyrrole nitrogens is 1. The van der Waals surface area contributed by atoms with Gasteiger partial charge in [-0.05, 0) is 36.8 Å². The minimum Gasteiger partial charge on any atom is -0.354 e. The molecular weight excluding hydrogens is 530 g/mol. The number of benzene rings is 3. The number of sulfonamides is 1. The van der Waals surface area contributed by atoms with Crippen LogP contribution in [-0.2, 0) is 21.4 Å². The third kappa shape index (κ3) is 7.42. The Morgan fingerprint density at radius 3 is 2.43 bits per heavy atom. The molecule has 1 aromatic heterocycles. The maximum absolute atomic E-state index is 13.4. The summed E-state index contributed by atoms with van der Waals surface area (Å²) in [4.78, 5) is 17.3. The number of aromatic amines is 1. The maximum Gasteiger partial charge on any atom is 0.243 e. The number of carbonyl (C=O) groups is 1. The molecule has 4 rings (SSSR count). The van der Waals surface area contributed by atoms with Gasteiger partial charge in [0.25, 0.3) is 0 Å². The molecule has 8 nitrogen and oxygen atoms in total. The van der Waals surface area contributed by atoms with Crippen molar-refractivity contribution in [1.82, 2.24) is 24.8 Å². The number of aryl methyl sites for hydroxylation is 1. The van der Waals surface area contributed by atoms with Crippen molar-refractivity contribution in [3.8, 4) is 11.4 Å². The number of halogens is 1. The summed E-state index contributed by atoms with van der Waals surface area (Å²) in [5.41, 5.74) is 2.61. The molecule has 0 aliphatic heterocycles.